The van der Waals surface area contributed by atoms with Gasteiger partial charge in [-0.15, -0.1) is 0 Å². The Balaban J connectivity index is 1.34. The number of aromatic nitrogens is 1. The SMILES string of the molecule is O=C(O)[C@@H](Cc1c[nH]c2ccccc12)N1C(=O)[C@H]2C3c4ccccc4C(c4ccccc43)[C@@H]2C1=O. The molecule has 8 rings (SSSR count). The number of benzene rings is 3. The van der Waals surface area contributed by atoms with E-state index in [1.807, 2.05) is 72.8 Å². The summed E-state index contributed by atoms with van der Waals surface area (Å²) < 4.78 is 0. The van der Waals surface area contributed by atoms with Crippen LogP contribution in [-0.4, -0.2) is 38.8 Å². The Labute approximate surface area is 201 Å². The van der Waals surface area contributed by atoms with Crippen LogP contribution < -0.4 is 0 Å². The molecule has 2 N–H and O–H groups in total. The molecular weight excluding hydrogens is 440 g/mol. The molecule has 3 aromatic carbocycles. The number of fused-ring (bicyclic) bond motifs is 1. The van der Waals surface area contributed by atoms with Crippen molar-refractivity contribution < 1.29 is 19.5 Å². The van der Waals surface area contributed by atoms with Gasteiger partial charge >= 0.3 is 5.97 Å². The topological polar surface area (TPSA) is 90.5 Å². The van der Waals surface area contributed by atoms with Gasteiger partial charge in [-0.05, 0) is 33.9 Å². The summed E-state index contributed by atoms with van der Waals surface area (Å²) >= 11 is 0. The summed E-state index contributed by atoms with van der Waals surface area (Å²) in [6.45, 7) is 0. The third-order valence-electron chi connectivity index (χ3n) is 8.17. The minimum absolute atomic E-state index is 0.0610. The van der Waals surface area contributed by atoms with Gasteiger partial charge in [0.2, 0.25) is 11.8 Å². The molecule has 2 amide bonds. The van der Waals surface area contributed by atoms with Gasteiger partial charge < -0.3 is 10.1 Å². The van der Waals surface area contributed by atoms with Gasteiger partial charge in [0.25, 0.3) is 0 Å². The fourth-order valence-electron chi connectivity index (χ4n) is 6.81. The summed E-state index contributed by atoms with van der Waals surface area (Å²) in [5, 5.41) is 11.1. The van der Waals surface area contributed by atoms with Crippen LogP contribution in [0.5, 0.6) is 0 Å². The molecule has 0 unspecified atom stereocenters. The van der Waals surface area contributed by atoms with Gasteiger partial charge in [0, 0.05) is 35.4 Å². The number of para-hydroxylation sites is 1. The van der Waals surface area contributed by atoms with Crippen molar-refractivity contribution in [2.24, 2.45) is 11.8 Å². The van der Waals surface area contributed by atoms with Crippen LogP contribution in [0.1, 0.15) is 39.7 Å². The van der Waals surface area contributed by atoms with Crippen LogP contribution in [0.2, 0.25) is 0 Å². The number of likely N-dealkylation sites (tertiary alicyclic amines) is 1. The summed E-state index contributed by atoms with van der Waals surface area (Å²) in [6.07, 6.45) is 1.83. The summed E-state index contributed by atoms with van der Waals surface area (Å²) in [5.74, 6) is -3.57. The van der Waals surface area contributed by atoms with E-state index in [4.69, 9.17) is 0 Å². The van der Waals surface area contributed by atoms with Crippen molar-refractivity contribution in [2.45, 2.75) is 24.3 Å². The number of H-pyrrole nitrogens is 1. The Morgan fingerprint density at radius 3 is 1.80 bits per heavy atom. The van der Waals surface area contributed by atoms with E-state index >= 15 is 0 Å². The zero-order valence-corrected chi connectivity index (χ0v) is 18.7. The summed E-state index contributed by atoms with van der Waals surface area (Å²) in [5.41, 5.74) is 5.96. The number of carbonyl (C=O) groups excluding carboxylic acids is 2. The second-order valence-corrected chi connectivity index (χ2v) is 9.73. The molecule has 1 aromatic heterocycles. The van der Waals surface area contributed by atoms with Crippen LogP contribution in [0.4, 0.5) is 0 Å². The number of carboxylic acids is 1. The van der Waals surface area contributed by atoms with Crippen molar-refractivity contribution in [1.82, 2.24) is 9.88 Å². The molecule has 0 saturated carbocycles. The normalized spacial score (nSPS) is 24.9. The minimum atomic E-state index is -1.26. The van der Waals surface area contributed by atoms with Crippen LogP contribution in [0, 0.1) is 11.8 Å². The molecule has 2 heterocycles. The lowest BCUT2D eigenvalue weighted by molar-refractivity contribution is -0.155. The number of nitrogens with zero attached hydrogens (tertiary/aromatic N) is 1. The number of aliphatic carboxylic acids is 1. The van der Waals surface area contributed by atoms with Crippen LogP contribution in [0.25, 0.3) is 10.9 Å². The van der Waals surface area contributed by atoms with Crippen molar-refractivity contribution in [3.8, 4) is 0 Å². The Bertz CT molecular complexity index is 1440. The second kappa shape index (κ2) is 7.15. The number of amides is 2. The first-order chi connectivity index (χ1) is 17.1. The van der Waals surface area contributed by atoms with Gasteiger partial charge in [0.15, 0.2) is 0 Å². The number of hydrogen-bond acceptors (Lipinski definition) is 3. The lowest BCUT2D eigenvalue weighted by Crippen LogP contribution is -2.47. The maximum Gasteiger partial charge on any atom is 0.327 e. The molecule has 1 aliphatic heterocycles. The molecular formula is C29H22N2O4. The van der Waals surface area contributed by atoms with Gasteiger partial charge in [-0.25, -0.2) is 4.79 Å². The number of imide groups is 1. The van der Waals surface area contributed by atoms with E-state index in [1.165, 1.54) is 0 Å². The highest BCUT2D eigenvalue weighted by atomic mass is 16.4. The first-order valence-electron chi connectivity index (χ1n) is 11.9. The van der Waals surface area contributed by atoms with Crippen LogP contribution in [0.3, 0.4) is 0 Å². The Morgan fingerprint density at radius 2 is 1.29 bits per heavy atom. The highest BCUT2D eigenvalue weighted by molar-refractivity contribution is 6.10. The van der Waals surface area contributed by atoms with E-state index < -0.39 is 23.8 Å². The monoisotopic (exact) mass is 462 g/mol. The van der Waals surface area contributed by atoms with Gasteiger partial charge in [0.05, 0.1) is 11.8 Å². The molecule has 6 heteroatoms. The molecule has 4 aromatic rings. The average molecular weight is 463 g/mol. The predicted octanol–water partition coefficient (Wildman–Crippen LogP) is 4.06. The van der Waals surface area contributed by atoms with Crippen LogP contribution in [0.15, 0.2) is 79.0 Å². The zero-order valence-electron chi connectivity index (χ0n) is 18.7. The van der Waals surface area contributed by atoms with Gasteiger partial charge in [0.1, 0.15) is 6.04 Å². The van der Waals surface area contributed by atoms with Crippen LogP contribution in [-0.2, 0) is 20.8 Å². The lowest BCUT2D eigenvalue weighted by Gasteiger charge is -2.45. The van der Waals surface area contributed by atoms with E-state index in [1.54, 1.807) is 6.20 Å². The Morgan fingerprint density at radius 1 is 0.800 bits per heavy atom. The number of aromatic amines is 1. The predicted molar refractivity (Wildman–Crippen MR) is 129 cm³/mol. The third-order valence-corrected chi connectivity index (χ3v) is 8.17. The van der Waals surface area contributed by atoms with E-state index in [-0.39, 0.29) is 30.1 Å². The molecule has 4 aliphatic rings. The van der Waals surface area contributed by atoms with Crippen molar-refractivity contribution in [2.75, 3.05) is 0 Å². The molecule has 1 saturated heterocycles. The first kappa shape index (κ1) is 20.2. The third kappa shape index (κ3) is 2.62. The standard InChI is InChI=1S/C29H22N2O4/c32-27-25-23-17-8-1-2-9-18(17)24(20-11-4-3-10-19(20)23)26(25)28(33)31(27)22(29(34)35)13-15-14-30-21-12-6-5-7-16(15)21/h1-12,14,22-26,30H,13H2,(H,34,35)/t22-,23?,24?,25+,26+/m1/s1. The minimum Gasteiger partial charge on any atom is -0.480 e. The number of carbonyl (C=O) groups is 3. The molecule has 1 fully saturated rings. The van der Waals surface area contributed by atoms with Crippen LogP contribution >= 0.6 is 0 Å². The Hall–Kier alpha value is -4.19. The molecule has 172 valence electrons. The molecule has 6 nitrogen and oxygen atoms in total. The van der Waals surface area contributed by atoms with E-state index in [9.17, 15) is 19.5 Å². The molecule has 2 bridgehead atoms. The fourth-order valence-corrected chi connectivity index (χ4v) is 6.81. The van der Waals surface area contributed by atoms with Crippen molar-refractivity contribution >= 4 is 28.7 Å². The number of hydrogen-bond donors (Lipinski definition) is 2. The van der Waals surface area contributed by atoms with Crippen molar-refractivity contribution in [1.29, 1.82) is 0 Å². The number of rotatable bonds is 4. The number of carboxylic acid groups (broad SMARTS) is 1. The average Bonchev–Trinajstić information content (AvgIpc) is 3.41. The highest BCUT2D eigenvalue weighted by Gasteiger charge is 2.63. The largest absolute Gasteiger partial charge is 0.480 e. The van der Waals surface area contributed by atoms with E-state index in [2.05, 4.69) is 4.98 Å². The summed E-state index contributed by atoms with van der Waals surface area (Å²) in [7, 11) is 0. The van der Waals surface area contributed by atoms with E-state index in [0.29, 0.717) is 0 Å². The van der Waals surface area contributed by atoms with E-state index in [0.717, 1.165) is 43.6 Å². The highest BCUT2D eigenvalue weighted by Crippen LogP contribution is 2.61. The van der Waals surface area contributed by atoms with Gasteiger partial charge in [-0.2, -0.15) is 0 Å². The maximum atomic E-state index is 13.9. The summed E-state index contributed by atoms with van der Waals surface area (Å²) in [6, 6.07) is 22.4. The molecule has 35 heavy (non-hydrogen) atoms. The van der Waals surface area contributed by atoms with Gasteiger partial charge in [-0.3, -0.25) is 14.5 Å². The molecule has 3 atom stereocenters. The smallest absolute Gasteiger partial charge is 0.327 e. The fraction of sp³-hybridized carbons (Fsp3) is 0.207. The lowest BCUT2D eigenvalue weighted by atomic mass is 9.55. The Kier molecular flexibility index (Phi) is 4.13. The molecule has 0 radical (unpaired) electrons. The zero-order chi connectivity index (χ0) is 23.8. The molecule has 0 spiro atoms. The second-order valence-electron chi connectivity index (χ2n) is 9.73. The summed E-state index contributed by atoms with van der Waals surface area (Å²) in [4.78, 5) is 44.6. The maximum absolute atomic E-state index is 13.9. The molecule has 3 aliphatic carbocycles. The quantitative estimate of drug-likeness (QED) is 0.448. The van der Waals surface area contributed by atoms with Crippen molar-refractivity contribution in [3.63, 3.8) is 0 Å². The van der Waals surface area contributed by atoms with Crippen molar-refractivity contribution in [3.05, 3.63) is 107 Å². The van der Waals surface area contributed by atoms with Gasteiger partial charge in [-0.1, -0.05) is 66.7 Å². The first-order valence-corrected chi connectivity index (χ1v) is 11.9. The number of nitrogens with one attached hydrogen (secondary N) is 1.